The monoisotopic (exact) mass is 653 g/mol. The van der Waals surface area contributed by atoms with Gasteiger partial charge in [0.2, 0.25) is 0 Å². The van der Waals surface area contributed by atoms with Gasteiger partial charge in [-0.1, -0.05) is 140 Å². The van der Waals surface area contributed by atoms with Crippen LogP contribution >= 0.6 is 0 Å². The Morgan fingerprint density at radius 3 is 2.00 bits per heavy atom. The van der Waals surface area contributed by atoms with Crippen LogP contribution in [0.15, 0.2) is 176 Å². The quantitative estimate of drug-likeness (QED) is 0.201. The van der Waals surface area contributed by atoms with E-state index in [-0.39, 0.29) is 6.04 Å². The van der Waals surface area contributed by atoms with Crippen molar-refractivity contribution < 1.29 is 0 Å². The minimum absolute atomic E-state index is 0.0577. The topological polar surface area (TPSA) is 55.1 Å². The smallest absolute Gasteiger partial charge is 0.160 e. The summed E-state index contributed by atoms with van der Waals surface area (Å²) in [5.74, 6) is 0.710. The van der Waals surface area contributed by atoms with Crippen molar-refractivity contribution in [3.8, 4) is 56.2 Å². The number of hydrogen-bond donors (Lipinski definition) is 1. The molecule has 51 heavy (non-hydrogen) atoms. The predicted molar refractivity (Wildman–Crippen MR) is 207 cm³/mol. The lowest BCUT2D eigenvalue weighted by molar-refractivity contribution is 0.862. The molecule has 1 aliphatic rings. The molecule has 0 saturated heterocycles. The molecule has 0 fully saturated rings. The maximum atomic E-state index is 5.15. The van der Waals surface area contributed by atoms with Crippen molar-refractivity contribution in [2.75, 3.05) is 5.32 Å². The lowest BCUT2D eigenvalue weighted by Crippen LogP contribution is -2.19. The lowest BCUT2D eigenvalue weighted by atomic mass is 9.92. The normalized spacial score (nSPS) is 13.5. The summed E-state index contributed by atoms with van der Waals surface area (Å²) in [6.07, 6.45) is 2.10. The van der Waals surface area contributed by atoms with E-state index in [1.807, 2.05) is 24.3 Å². The Kier molecular flexibility index (Phi) is 6.81. The van der Waals surface area contributed by atoms with Crippen LogP contribution in [0.25, 0.3) is 72.7 Å². The van der Waals surface area contributed by atoms with Gasteiger partial charge in [0, 0.05) is 34.0 Å². The Morgan fingerprint density at radius 1 is 0.471 bits per heavy atom. The summed E-state index contributed by atoms with van der Waals surface area (Å²) in [7, 11) is 0. The fraction of sp³-hybridized carbons (Fsp3) is 0.0217. The number of nitrogens with one attached hydrogen (secondary N) is 1. The molecule has 1 unspecified atom stereocenters. The van der Waals surface area contributed by atoms with Crippen LogP contribution in [0.2, 0.25) is 0 Å². The Bertz CT molecular complexity index is 2710. The Morgan fingerprint density at radius 2 is 1.14 bits per heavy atom. The van der Waals surface area contributed by atoms with E-state index in [1.165, 1.54) is 16.7 Å². The van der Waals surface area contributed by atoms with Crippen LogP contribution in [0, 0.1) is 0 Å². The zero-order chi connectivity index (χ0) is 33.7. The largest absolute Gasteiger partial charge is 0.372 e. The first-order valence-electron chi connectivity index (χ1n) is 17.2. The van der Waals surface area contributed by atoms with E-state index in [1.54, 1.807) is 0 Å². The van der Waals surface area contributed by atoms with Crippen molar-refractivity contribution in [2.24, 2.45) is 0 Å². The maximum absolute atomic E-state index is 5.15. The number of fused-ring (bicyclic) bond motifs is 6. The third-order valence-electron chi connectivity index (χ3n) is 9.89. The molecule has 1 aliphatic heterocycles. The highest BCUT2D eigenvalue weighted by molar-refractivity contribution is 5.94. The summed E-state index contributed by atoms with van der Waals surface area (Å²) in [5, 5.41) is 4.86. The molecule has 0 spiro atoms. The highest BCUT2D eigenvalue weighted by Crippen LogP contribution is 2.43. The van der Waals surface area contributed by atoms with Crippen molar-refractivity contribution >= 4 is 22.2 Å². The maximum Gasteiger partial charge on any atom is 0.160 e. The molecular formula is C46H31N5. The minimum atomic E-state index is -0.0577. The molecule has 9 aromatic rings. The van der Waals surface area contributed by atoms with Gasteiger partial charge in [0.1, 0.15) is 5.65 Å². The Balaban J connectivity index is 0.998. The number of rotatable bonds is 5. The van der Waals surface area contributed by atoms with Gasteiger partial charge in [-0.2, -0.15) is 0 Å². The second kappa shape index (κ2) is 11.9. The van der Waals surface area contributed by atoms with Gasteiger partial charge >= 0.3 is 0 Å². The van der Waals surface area contributed by atoms with Gasteiger partial charge in [-0.05, 0) is 58.1 Å². The number of imidazole rings is 1. The molecule has 0 amide bonds. The molecule has 5 heteroatoms. The SMILES string of the molecule is c1ccc(-c2ccc(-c3nc(-c4ccc(-c5cccc(C6Nc7ccccc7-c7nc8ccccn8c76)c5)cc4)nc4ccccc34)cc2)cc1. The van der Waals surface area contributed by atoms with Gasteiger partial charge < -0.3 is 9.72 Å². The van der Waals surface area contributed by atoms with E-state index in [0.717, 1.165) is 67.1 Å². The Labute approximate surface area is 295 Å². The molecule has 1 atom stereocenters. The second-order valence-electron chi connectivity index (χ2n) is 13.0. The third kappa shape index (κ3) is 5.06. The van der Waals surface area contributed by atoms with Crippen LogP contribution in [-0.4, -0.2) is 19.4 Å². The molecule has 1 N–H and O–H groups in total. The number of benzene rings is 6. The van der Waals surface area contributed by atoms with Crippen molar-refractivity contribution in [1.29, 1.82) is 0 Å². The van der Waals surface area contributed by atoms with Gasteiger partial charge in [0.05, 0.1) is 28.6 Å². The fourth-order valence-electron chi connectivity index (χ4n) is 7.36. The minimum Gasteiger partial charge on any atom is -0.372 e. The van der Waals surface area contributed by atoms with E-state index >= 15 is 0 Å². The molecular weight excluding hydrogens is 623 g/mol. The molecule has 240 valence electrons. The first kappa shape index (κ1) is 29.1. The van der Waals surface area contributed by atoms with Gasteiger partial charge in [-0.3, -0.25) is 0 Å². The molecule has 0 radical (unpaired) electrons. The van der Waals surface area contributed by atoms with Crippen molar-refractivity contribution in [3.63, 3.8) is 0 Å². The van der Waals surface area contributed by atoms with E-state index in [4.69, 9.17) is 15.0 Å². The van der Waals surface area contributed by atoms with Crippen molar-refractivity contribution in [1.82, 2.24) is 19.4 Å². The number of pyridine rings is 1. The molecule has 0 bridgehead atoms. The molecule has 5 nitrogen and oxygen atoms in total. The second-order valence-corrected chi connectivity index (χ2v) is 13.0. The number of para-hydroxylation sites is 2. The zero-order valence-electron chi connectivity index (χ0n) is 27.6. The molecule has 0 saturated carbocycles. The van der Waals surface area contributed by atoms with E-state index in [2.05, 4.69) is 162 Å². The number of hydrogen-bond acceptors (Lipinski definition) is 4. The third-order valence-corrected chi connectivity index (χ3v) is 9.89. The van der Waals surface area contributed by atoms with Crippen LogP contribution in [0.3, 0.4) is 0 Å². The highest BCUT2D eigenvalue weighted by atomic mass is 15.1. The van der Waals surface area contributed by atoms with Gasteiger partial charge in [-0.25, -0.2) is 15.0 Å². The summed E-state index contributed by atoms with van der Waals surface area (Å²) >= 11 is 0. The van der Waals surface area contributed by atoms with E-state index < -0.39 is 0 Å². The standard InChI is InChI=1S/C46H31N5/c1-2-11-30(12-3-1)31-20-24-33(25-21-31)42-37-15-4-7-18-40(37)48-46(50-42)34-26-22-32(23-27-34)35-13-10-14-36(29-35)43-45-44(38-16-5-6-17-39(38)47-43)49-41-19-8-9-28-51(41)45/h1-29,43,47H. The van der Waals surface area contributed by atoms with Crippen molar-refractivity contribution in [2.45, 2.75) is 6.04 Å². The van der Waals surface area contributed by atoms with E-state index in [0.29, 0.717) is 5.82 Å². The van der Waals surface area contributed by atoms with Crippen LogP contribution in [0.5, 0.6) is 0 Å². The average molecular weight is 654 g/mol. The predicted octanol–water partition coefficient (Wildman–Crippen LogP) is 11.1. The molecule has 3 aromatic heterocycles. The zero-order valence-corrected chi connectivity index (χ0v) is 27.6. The van der Waals surface area contributed by atoms with Gasteiger partial charge in [0.15, 0.2) is 5.82 Å². The summed E-state index contributed by atoms with van der Waals surface area (Å²) < 4.78 is 2.21. The van der Waals surface area contributed by atoms with Crippen LogP contribution in [-0.2, 0) is 0 Å². The fourth-order valence-corrected chi connectivity index (χ4v) is 7.36. The van der Waals surface area contributed by atoms with Gasteiger partial charge in [-0.15, -0.1) is 0 Å². The first-order chi connectivity index (χ1) is 25.3. The summed E-state index contributed by atoms with van der Waals surface area (Å²) in [5.41, 5.74) is 15.1. The number of aromatic nitrogens is 4. The van der Waals surface area contributed by atoms with E-state index in [9.17, 15) is 0 Å². The summed E-state index contributed by atoms with van der Waals surface area (Å²) in [4.78, 5) is 15.2. The highest BCUT2D eigenvalue weighted by Gasteiger charge is 2.30. The van der Waals surface area contributed by atoms with Crippen LogP contribution in [0.4, 0.5) is 5.69 Å². The molecule has 10 rings (SSSR count). The average Bonchev–Trinajstić information content (AvgIpc) is 3.61. The lowest BCUT2D eigenvalue weighted by Gasteiger charge is -2.28. The van der Waals surface area contributed by atoms with Gasteiger partial charge in [0.25, 0.3) is 0 Å². The van der Waals surface area contributed by atoms with Crippen molar-refractivity contribution in [3.05, 3.63) is 187 Å². The molecule has 6 aromatic carbocycles. The number of nitrogens with zero attached hydrogens (tertiary/aromatic N) is 4. The van der Waals surface area contributed by atoms with Crippen LogP contribution in [0.1, 0.15) is 17.3 Å². The molecule has 4 heterocycles. The first-order valence-corrected chi connectivity index (χ1v) is 17.2. The van der Waals surface area contributed by atoms with Crippen LogP contribution < -0.4 is 5.32 Å². The number of anilines is 1. The Hall–Kier alpha value is -6.85. The summed E-state index contributed by atoms with van der Waals surface area (Å²) in [6, 6.07) is 59.3. The summed E-state index contributed by atoms with van der Waals surface area (Å²) in [6.45, 7) is 0. The molecule has 0 aliphatic carbocycles.